The molecule has 1 saturated carbocycles. The van der Waals surface area contributed by atoms with Crippen molar-refractivity contribution >= 4 is 30.2 Å². The molecular formula is C28H43ClN8O3. The van der Waals surface area contributed by atoms with Crippen molar-refractivity contribution in [3.05, 3.63) is 52.1 Å². The minimum Gasteiger partial charge on any atom is -0.338 e. The number of hydrogen-bond donors (Lipinski definition) is 3. The van der Waals surface area contributed by atoms with E-state index in [0.717, 1.165) is 43.5 Å². The van der Waals surface area contributed by atoms with Crippen molar-refractivity contribution < 1.29 is 9.59 Å². The molecular weight excluding hydrogens is 532 g/mol. The van der Waals surface area contributed by atoms with Gasteiger partial charge in [0.05, 0.1) is 11.2 Å². The van der Waals surface area contributed by atoms with Crippen LogP contribution in [0.2, 0.25) is 0 Å². The maximum absolute atomic E-state index is 12.8. The smallest absolute Gasteiger partial charge is 0.338 e. The molecule has 11 nitrogen and oxygen atoms in total. The number of nitrogens with one attached hydrogen (secondary N) is 1. The number of rotatable bonds is 6. The molecule has 2 aromatic rings. The van der Waals surface area contributed by atoms with Crippen LogP contribution in [0.4, 0.5) is 10.6 Å². The van der Waals surface area contributed by atoms with E-state index in [0.29, 0.717) is 38.3 Å². The van der Waals surface area contributed by atoms with Gasteiger partial charge in [0.2, 0.25) is 5.91 Å². The zero-order chi connectivity index (χ0) is 28.3. The Labute approximate surface area is 242 Å². The summed E-state index contributed by atoms with van der Waals surface area (Å²) in [5, 5.41) is 2.70. The highest BCUT2D eigenvalue weighted by atomic mass is 35.5. The van der Waals surface area contributed by atoms with Crippen molar-refractivity contribution in [1.82, 2.24) is 24.3 Å². The fourth-order valence-electron chi connectivity index (χ4n) is 5.33. The predicted molar refractivity (Wildman–Crippen MR) is 159 cm³/mol. The third-order valence-electron chi connectivity index (χ3n) is 7.83. The number of aromatic nitrogens is 2. The molecule has 40 heavy (non-hydrogen) atoms. The van der Waals surface area contributed by atoms with Crippen molar-refractivity contribution in [3.8, 4) is 5.69 Å². The van der Waals surface area contributed by atoms with Gasteiger partial charge >= 0.3 is 11.7 Å². The highest BCUT2D eigenvalue weighted by molar-refractivity contribution is 5.89. The summed E-state index contributed by atoms with van der Waals surface area (Å²) in [6.45, 7) is 7.80. The number of carbonyl (C=O) groups is 2. The summed E-state index contributed by atoms with van der Waals surface area (Å²) in [7, 11) is 2.16. The Balaban J connectivity index is 0.00000441. The minimum absolute atomic E-state index is 0. The average molecular weight is 575 g/mol. The number of aryl methyl sites for hydroxylation is 1. The van der Waals surface area contributed by atoms with Gasteiger partial charge in [-0.2, -0.15) is 4.98 Å². The van der Waals surface area contributed by atoms with Crippen LogP contribution >= 0.6 is 12.4 Å². The lowest BCUT2D eigenvalue weighted by molar-refractivity contribution is -0.137. The number of nitrogens with zero attached hydrogens (tertiary/aromatic N) is 5. The predicted octanol–water partition coefficient (Wildman–Crippen LogP) is 2.08. The van der Waals surface area contributed by atoms with Crippen molar-refractivity contribution in [2.75, 3.05) is 38.5 Å². The van der Waals surface area contributed by atoms with Crippen molar-refractivity contribution in [2.45, 2.75) is 70.6 Å². The van der Waals surface area contributed by atoms with Crippen LogP contribution in [0, 0.1) is 6.92 Å². The third-order valence-corrected chi connectivity index (χ3v) is 7.83. The zero-order valence-electron chi connectivity index (χ0n) is 23.9. The molecule has 2 aliphatic rings. The monoisotopic (exact) mass is 574 g/mol. The van der Waals surface area contributed by atoms with Crippen molar-refractivity contribution in [3.63, 3.8) is 0 Å². The number of urea groups is 1. The molecule has 12 heteroatoms. The Kier molecular flexibility index (Phi) is 10.3. The summed E-state index contributed by atoms with van der Waals surface area (Å²) < 4.78 is 1.47. The normalized spacial score (nSPS) is 19.8. The third kappa shape index (κ3) is 7.60. The second-order valence-corrected chi connectivity index (χ2v) is 11.5. The largest absolute Gasteiger partial charge is 0.354 e. The van der Waals surface area contributed by atoms with Gasteiger partial charge in [0.15, 0.2) is 0 Å². The van der Waals surface area contributed by atoms with Gasteiger partial charge in [-0.05, 0) is 82.8 Å². The first-order valence-corrected chi connectivity index (χ1v) is 13.7. The van der Waals surface area contributed by atoms with Crippen LogP contribution in [0.25, 0.3) is 5.69 Å². The van der Waals surface area contributed by atoms with Gasteiger partial charge in [-0.1, -0.05) is 6.07 Å². The molecule has 0 spiro atoms. The number of amides is 3. The van der Waals surface area contributed by atoms with Crippen molar-refractivity contribution in [2.24, 2.45) is 11.5 Å². The lowest BCUT2D eigenvalue weighted by atomic mass is 9.90. The van der Waals surface area contributed by atoms with Crippen LogP contribution < -0.4 is 22.5 Å². The number of halogens is 1. The van der Waals surface area contributed by atoms with Gasteiger partial charge in [-0.3, -0.25) is 19.6 Å². The summed E-state index contributed by atoms with van der Waals surface area (Å²) in [4.78, 5) is 47.7. The van der Waals surface area contributed by atoms with E-state index >= 15 is 0 Å². The average Bonchev–Trinajstić information content (AvgIpc) is 2.89. The Hall–Kier alpha value is -2.99. The fourth-order valence-corrected chi connectivity index (χ4v) is 5.33. The maximum Gasteiger partial charge on any atom is 0.354 e. The molecule has 2 fully saturated rings. The van der Waals surface area contributed by atoms with E-state index < -0.39 is 11.2 Å². The molecule has 5 N–H and O–H groups in total. The number of anilines is 1. The first-order chi connectivity index (χ1) is 18.4. The number of piperazine rings is 1. The van der Waals surface area contributed by atoms with Crippen molar-refractivity contribution in [1.29, 1.82) is 0 Å². The minimum atomic E-state index is -0.947. The molecule has 1 aliphatic carbocycles. The molecule has 1 aliphatic heterocycles. The zero-order valence-corrected chi connectivity index (χ0v) is 24.7. The molecule has 4 rings (SSSR count). The molecule has 1 aromatic heterocycles. The van der Waals surface area contributed by atoms with Gasteiger partial charge in [-0.15, -0.1) is 12.4 Å². The number of nitrogens with two attached hydrogens (primary N) is 2. The second kappa shape index (κ2) is 13.1. The highest BCUT2D eigenvalue weighted by Gasteiger charge is 2.31. The van der Waals surface area contributed by atoms with Gasteiger partial charge in [0.25, 0.3) is 0 Å². The fraction of sp³-hybridized carbons (Fsp3) is 0.571. The van der Waals surface area contributed by atoms with Gasteiger partial charge in [0.1, 0.15) is 5.82 Å². The first kappa shape index (κ1) is 31.5. The number of benzene rings is 1. The molecule has 1 aromatic carbocycles. The van der Waals surface area contributed by atoms with E-state index in [9.17, 15) is 14.4 Å². The number of carbonyl (C=O) groups excluding carboxylic acids is 2. The lowest BCUT2D eigenvalue weighted by Crippen LogP contribution is -2.58. The standard InChI is InChI=1S/C28H42N8O3.ClH/c1-19-17-23(8-5-20(19)18-33(4)22-9-6-21(29)7-10-22)36-12-11-24(32-27(36)39)31-26(38)35-15-13-34(14-16-35)25(37)28(2,3)30;/h5,8,11-12,17,21-22H,6-7,9-10,13-16,18,29-30H2,1-4H3,(H,31,32,38,39);1H/t21-,22-;. The summed E-state index contributed by atoms with van der Waals surface area (Å²) in [6.07, 6.45) is 6.02. The highest BCUT2D eigenvalue weighted by Crippen LogP contribution is 2.24. The van der Waals surface area contributed by atoms with Crippen LogP contribution in [0.15, 0.2) is 35.3 Å². The van der Waals surface area contributed by atoms with E-state index in [-0.39, 0.29) is 30.2 Å². The Bertz CT molecular complexity index is 1240. The van der Waals surface area contributed by atoms with Gasteiger partial charge < -0.3 is 21.3 Å². The topological polar surface area (TPSA) is 143 Å². The van der Waals surface area contributed by atoms with Crippen LogP contribution in [0.3, 0.4) is 0 Å². The van der Waals surface area contributed by atoms with Gasteiger partial charge in [0, 0.05) is 51.0 Å². The number of hydrogen-bond acceptors (Lipinski definition) is 7. The molecule has 0 unspecified atom stereocenters. The maximum atomic E-state index is 12.8. The Morgan fingerprint density at radius 2 is 1.70 bits per heavy atom. The van der Waals surface area contributed by atoms with E-state index in [1.54, 1.807) is 35.9 Å². The first-order valence-electron chi connectivity index (χ1n) is 13.7. The van der Waals surface area contributed by atoms with Crippen LogP contribution in [-0.2, 0) is 11.3 Å². The summed E-state index contributed by atoms with van der Waals surface area (Å²) in [5.74, 6) is 0.0440. The molecule has 2 heterocycles. The SMILES string of the molecule is Cc1cc(-n2ccc(NC(=O)N3CCN(C(=O)C(C)(C)N)CC3)nc2=O)ccc1CN(C)[C@H]1CC[C@H](N)CC1.Cl. The second-order valence-electron chi connectivity index (χ2n) is 11.5. The molecule has 0 bridgehead atoms. The summed E-state index contributed by atoms with van der Waals surface area (Å²) >= 11 is 0. The van der Waals surface area contributed by atoms with E-state index in [4.69, 9.17) is 11.5 Å². The lowest BCUT2D eigenvalue weighted by Gasteiger charge is -2.37. The van der Waals surface area contributed by atoms with Crippen LogP contribution in [0.1, 0.15) is 50.7 Å². The molecule has 0 atom stereocenters. The molecule has 3 amide bonds. The molecule has 0 radical (unpaired) electrons. The molecule has 1 saturated heterocycles. The van der Waals surface area contributed by atoms with Gasteiger partial charge in [-0.25, -0.2) is 9.59 Å². The Morgan fingerprint density at radius 3 is 2.27 bits per heavy atom. The molecule has 220 valence electrons. The van der Waals surface area contributed by atoms with E-state index in [2.05, 4.69) is 35.2 Å². The summed E-state index contributed by atoms with van der Waals surface area (Å²) in [5.41, 5.74) is 13.6. The Morgan fingerprint density at radius 1 is 1.07 bits per heavy atom. The quantitative estimate of drug-likeness (QED) is 0.479. The van der Waals surface area contributed by atoms with Crippen LogP contribution in [0.5, 0.6) is 0 Å². The van der Waals surface area contributed by atoms with E-state index in [1.165, 1.54) is 10.1 Å². The summed E-state index contributed by atoms with van der Waals surface area (Å²) in [6, 6.07) is 8.11. The van der Waals surface area contributed by atoms with E-state index in [1.807, 2.05) is 12.1 Å². The van der Waals surface area contributed by atoms with Crippen LogP contribution in [-0.4, -0.2) is 87.0 Å².